The first-order valence-corrected chi connectivity index (χ1v) is 6.28. The predicted molar refractivity (Wildman–Crippen MR) is 76.4 cm³/mol. The number of hydrogen-bond acceptors (Lipinski definition) is 4. The third-order valence-corrected chi connectivity index (χ3v) is 3.04. The summed E-state index contributed by atoms with van der Waals surface area (Å²) in [4.78, 5) is 17.9. The van der Waals surface area contributed by atoms with E-state index in [1.165, 1.54) is 4.90 Å². The van der Waals surface area contributed by atoms with Crippen LogP contribution < -0.4 is 5.73 Å². The number of nitrogens with zero attached hydrogens (tertiary/aromatic N) is 2. The number of aliphatic hydroxyl groups is 1. The Morgan fingerprint density at radius 2 is 2.35 bits per heavy atom. The zero-order valence-corrected chi connectivity index (χ0v) is 11.3. The van der Waals surface area contributed by atoms with Gasteiger partial charge in [-0.1, -0.05) is 18.2 Å². The van der Waals surface area contributed by atoms with E-state index in [1.54, 1.807) is 37.7 Å². The molecule has 1 aliphatic rings. The average molecular weight is 271 g/mol. The highest BCUT2D eigenvalue weighted by molar-refractivity contribution is 5.94. The molecule has 0 fully saturated rings. The lowest BCUT2D eigenvalue weighted by molar-refractivity contribution is -0.126. The molecule has 1 amide bonds. The van der Waals surface area contributed by atoms with Gasteiger partial charge in [0.25, 0.3) is 5.91 Å². The van der Waals surface area contributed by atoms with E-state index in [0.29, 0.717) is 18.5 Å². The van der Waals surface area contributed by atoms with Crippen LogP contribution in [0.15, 0.2) is 59.8 Å². The second kappa shape index (κ2) is 6.06. The van der Waals surface area contributed by atoms with Gasteiger partial charge in [-0.15, -0.1) is 0 Å². The van der Waals surface area contributed by atoms with E-state index in [-0.39, 0.29) is 17.4 Å². The Hall–Kier alpha value is -2.56. The van der Waals surface area contributed by atoms with Crippen molar-refractivity contribution in [2.45, 2.75) is 13.0 Å². The molecule has 0 aliphatic heterocycles. The number of likely N-dealkylation sites (N-methyl/N-ethyl adjacent to an activating group) is 1. The highest BCUT2D eigenvalue weighted by Crippen LogP contribution is 2.18. The van der Waals surface area contributed by atoms with Crippen LogP contribution in [-0.2, 0) is 11.3 Å². The number of rotatable bonds is 3. The molecular formula is C15H17N3O2. The van der Waals surface area contributed by atoms with Gasteiger partial charge in [0.15, 0.2) is 0 Å². The Bertz CT molecular complexity index is 588. The lowest BCUT2D eigenvalue weighted by Gasteiger charge is -2.19. The minimum atomic E-state index is -0.241. The number of carbonyl (C=O) groups is 1. The molecule has 1 heterocycles. The van der Waals surface area contributed by atoms with E-state index in [4.69, 9.17) is 5.73 Å². The molecule has 0 bridgehead atoms. The standard InChI is InChI=1S/C15H17N3O2/c1-18(10-11-5-4-8-17-9-11)15(20)12-6-2-3-7-13(16)14(12)19/h2-5,7-9,19H,6,10,16H2,1H3. The molecule has 0 radical (unpaired) electrons. The molecule has 104 valence electrons. The first-order chi connectivity index (χ1) is 9.59. The number of amides is 1. The van der Waals surface area contributed by atoms with E-state index >= 15 is 0 Å². The molecule has 5 nitrogen and oxygen atoms in total. The van der Waals surface area contributed by atoms with Crippen LogP contribution in [0.2, 0.25) is 0 Å². The molecule has 0 spiro atoms. The molecule has 5 heteroatoms. The summed E-state index contributed by atoms with van der Waals surface area (Å²) in [5.41, 5.74) is 7.12. The van der Waals surface area contributed by atoms with Gasteiger partial charge in [0.1, 0.15) is 5.76 Å². The molecule has 2 rings (SSSR count). The number of aliphatic hydroxyl groups excluding tert-OH is 1. The van der Waals surface area contributed by atoms with Gasteiger partial charge in [-0.2, -0.15) is 0 Å². The summed E-state index contributed by atoms with van der Waals surface area (Å²) < 4.78 is 0. The van der Waals surface area contributed by atoms with Gasteiger partial charge in [0, 0.05) is 26.0 Å². The number of allylic oxidation sites excluding steroid dienone is 3. The lowest BCUT2D eigenvalue weighted by Crippen LogP contribution is -2.28. The summed E-state index contributed by atoms with van der Waals surface area (Å²) in [7, 11) is 1.68. The summed E-state index contributed by atoms with van der Waals surface area (Å²) in [5, 5.41) is 9.99. The Morgan fingerprint density at radius 1 is 1.55 bits per heavy atom. The third kappa shape index (κ3) is 3.06. The van der Waals surface area contributed by atoms with Gasteiger partial charge in [-0.05, 0) is 24.1 Å². The van der Waals surface area contributed by atoms with Gasteiger partial charge in [0.2, 0.25) is 0 Å². The Labute approximate surface area is 117 Å². The van der Waals surface area contributed by atoms with Crippen molar-refractivity contribution < 1.29 is 9.90 Å². The maximum Gasteiger partial charge on any atom is 0.253 e. The number of pyridine rings is 1. The quantitative estimate of drug-likeness (QED) is 0.876. The summed E-state index contributed by atoms with van der Waals surface area (Å²) in [6, 6.07) is 3.71. The summed E-state index contributed by atoms with van der Waals surface area (Å²) >= 11 is 0. The van der Waals surface area contributed by atoms with Crippen LogP contribution in [0.3, 0.4) is 0 Å². The van der Waals surface area contributed by atoms with Crippen molar-refractivity contribution >= 4 is 5.91 Å². The van der Waals surface area contributed by atoms with Gasteiger partial charge < -0.3 is 15.7 Å². The number of hydrogen-bond donors (Lipinski definition) is 2. The van der Waals surface area contributed by atoms with Crippen LogP contribution in [0.25, 0.3) is 0 Å². The topological polar surface area (TPSA) is 79.5 Å². The first kappa shape index (κ1) is 13.9. The molecule has 0 saturated carbocycles. The molecule has 0 unspecified atom stereocenters. The van der Waals surface area contributed by atoms with Crippen LogP contribution >= 0.6 is 0 Å². The highest BCUT2D eigenvalue weighted by atomic mass is 16.3. The van der Waals surface area contributed by atoms with Crippen LogP contribution in [0, 0.1) is 0 Å². The third-order valence-electron chi connectivity index (χ3n) is 3.04. The molecule has 0 aromatic carbocycles. The average Bonchev–Trinajstić information content (AvgIpc) is 2.62. The Kier molecular flexibility index (Phi) is 4.20. The van der Waals surface area contributed by atoms with E-state index < -0.39 is 0 Å². The van der Waals surface area contributed by atoms with Crippen molar-refractivity contribution in [3.8, 4) is 0 Å². The molecule has 1 aromatic rings. The smallest absolute Gasteiger partial charge is 0.253 e. The minimum Gasteiger partial charge on any atom is -0.505 e. The maximum atomic E-state index is 12.4. The second-order valence-corrected chi connectivity index (χ2v) is 4.60. The Morgan fingerprint density at radius 3 is 3.05 bits per heavy atom. The van der Waals surface area contributed by atoms with Crippen molar-refractivity contribution in [1.29, 1.82) is 0 Å². The maximum absolute atomic E-state index is 12.4. The molecule has 1 aromatic heterocycles. The van der Waals surface area contributed by atoms with Crippen LogP contribution in [0.1, 0.15) is 12.0 Å². The van der Waals surface area contributed by atoms with E-state index in [1.807, 2.05) is 12.1 Å². The van der Waals surface area contributed by atoms with Crippen LogP contribution in [0.5, 0.6) is 0 Å². The lowest BCUT2D eigenvalue weighted by atomic mass is 10.1. The number of carbonyl (C=O) groups excluding carboxylic acids is 1. The number of aromatic nitrogens is 1. The van der Waals surface area contributed by atoms with Gasteiger partial charge in [-0.25, -0.2) is 0 Å². The largest absolute Gasteiger partial charge is 0.505 e. The fourth-order valence-electron chi connectivity index (χ4n) is 1.96. The van der Waals surface area contributed by atoms with Crippen LogP contribution in [0.4, 0.5) is 0 Å². The van der Waals surface area contributed by atoms with E-state index in [0.717, 1.165) is 5.56 Å². The zero-order valence-electron chi connectivity index (χ0n) is 11.3. The zero-order chi connectivity index (χ0) is 14.5. The minimum absolute atomic E-state index is 0.141. The van der Waals surface area contributed by atoms with Crippen molar-refractivity contribution in [3.63, 3.8) is 0 Å². The van der Waals surface area contributed by atoms with Crippen molar-refractivity contribution in [2.24, 2.45) is 5.73 Å². The fraction of sp³-hybridized carbons (Fsp3) is 0.200. The summed E-state index contributed by atoms with van der Waals surface area (Å²) in [5.74, 6) is -0.382. The van der Waals surface area contributed by atoms with E-state index in [2.05, 4.69) is 4.98 Å². The summed E-state index contributed by atoms with van der Waals surface area (Å²) in [6.07, 6.45) is 8.85. The highest BCUT2D eigenvalue weighted by Gasteiger charge is 2.20. The van der Waals surface area contributed by atoms with Gasteiger partial charge in [-0.3, -0.25) is 9.78 Å². The van der Waals surface area contributed by atoms with Crippen molar-refractivity contribution in [3.05, 3.63) is 65.3 Å². The fourth-order valence-corrected chi connectivity index (χ4v) is 1.96. The normalized spacial score (nSPS) is 14.8. The molecule has 1 aliphatic carbocycles. The molecule has 0 saturated heterocycles. The molecule has 20 heavy (non-hydrogen) atoms. The molecule has 0 atom stereocenters. The predicted octanol–water partition coefficient (Wildman–Crippen LogP) is 1.65. The SMILES string of the molecule is CN(Cc1cccnc1)C(=O)C1=C(O)C(N)=CC=CC1. The van der Waals surface area contributed by atoms with Crippen molar-refractivity contribution in [2.75, 3.05) is 7.05 Å². The van der Waals surface area contributed by atoms with Crippen LogP contribution in [-0.4, -0.2) is 27.9 Å². The number of nitrogens with two attached hydrogens (primary N) is 1. The monoisotopic (exact) mass is 271 g/mol. The Balaban J connectivity index is 2.16. The second-order valence-electron chi connectivity index (χ2n) is 4.60. The molecule has 3 N–H and O–H groups in total. The molecular weight excluding hydrogens is 254 g/mol. The summed E-state index contributed by atoms with van der Waals surface area (Å²) in [6.45, 7) is 0.427. The first-order valence-electron chi connectivity index (χ1n) is 6.28. The van der Waals surface area contributed by atoms with E-state index in [9.17, 15) is 9.90 Å². The van der Waals surface area contributed by atoms with Crippen molar-refractivity contribution in [1.82, 2.24) is 9.88 Å². The van der Waals surface area contributed by atoms with Gasteiger partial charge in [0.05, 0.1) is 11.3 Å². The van der Waals surface area contributed by atoms with Gasteiger partial charge >= 0.3 is 0 Å².